The molecular weight excluding hydrogens is 208 g/mol. The molecule has 0 aromatic rings. The van der Waals surface area contributed by atoms with Gasteiger partial charge in [-0.1, -0.05) is 25.7 Å². The van der Waals surface area contributed by atoms with Gasteiger partial charge in [0.25, 0.3) is 0 Å². The van der Waals surface area contributed by atoms with Gasteiger partial charge in [0.1, 0.15) is 0 Å². The van der Waals surface area contributed by atoms with Crippen LogP contribution in [-0.2, 0) is 0 Å². The summed E-state index contributed by atoms with van der Waals surface area (Å²) in [4.78, 5) is 2.64. The molecule has 1 saturated heterocycles. The quantitative estimate of drug-likeness (QED) is 0.716. The molecule has 1 saturated carbocycles. The van der Waals surface area contributed by atoms with Gasteiger partial charge >= 0.3 is 0 Å². The fourth-order valence-corrected chi connectivity index (χ4v) is 3.31. The summed E-state index contributed by atoms with van der Waals surface area (Å²) >= 11 is 0. The number of hydrogen-bond acceptors (Lipinski definition) is 2. The number of nitrogens with zero attached hydrogens (tertiary/aromatic N) is 1. The Bertz CT molecular complexity index is 161. The van der Waals surface area contributed by atoms with E-state index in [0.717, 1.165) is 5.92 Å². The first-order valence-corrected chi connectivity index (χ1v) is 7.88. The summed E-state index contributed by atoms with van der Waals surface area (Å²) in [6, 6.07) is 0. The molecule has 0 radical (unpaired) electrons. The molecule has 2 aliphatic rings. The van der Waals surface area contributed by atoms with E-state index in [4.69, 9.17) is 0 Å². The van der Waals surface area contributed by atoms with Crippen molar-refractivity contribution in [3.8, 4) is 0 Å². The standard InChI is InChI=1S/C15H30N2/c1-3-8-15(9-4-1)14-16-10-7-13-17-11-5-2-6-12-17/h15-16H,1-14H2. The zero-order chi connectivity index (χ0) is 11.8. The SMILES string of the molecule is C1CCC(CNCCCN2CCCCC2)CC1. The number of piperidine rings is 1. The number of likely N-dealkylation sites (tertiary alicyclic amines) is 1. The van der Waals surface area contributed by atoms with Crippen LogP contribution < -0.4 is 5.32 Å². The first-order chi connectivity index (χ1) is 8.45. The van der Waals surface area contributed by atoms with Crippen LogP contribution in [0.2, 0.25) is 0 Å². The average molecular weight is 238 g/mol. The fourth-order valence-electron chi connectivity index (χ4n) is 3.31. The smallest absolute Gasteiger partial charge is 0.000664 e. The Morgan fingerprint density at radius 2 is 1.59 bits per heavy atom. The van der Waals surface area contributed by atoms with E-state index >= 15 is 0 Å². The van der Waals surface area contributed by atoms with Crippen molar-refractivity contribution in [3.05, 3.63) is 0 Å². The third kappa shape index (κ3) is 5.39. The van der Waals surface area contributed by atoms with Crippen LogP contribution in [0.3, 0.4) is 0 Å². The third-order valence-electron chi connectivity index (χ3n) is 4.43. The minimum Gasteiger partial charge on any atom is -0.316 e. The van der Waals surface area contributed by atoms with Gasteiger partial charge in [-0.15, -0.1) is 0 Å². The molecule has 17 heavy (non-hydrogen) atoms. The van der Waals surface area contributed by atoms with Crippen molar-refractivity contribution in [1.82, 2.24) is 10.2 Å². The van der Waals surface area contributed by atoms with E-state index in [9.17, 15) is 0 Å². The summed E-state index contributed by atoms with van der Waals surface area (Å²) in [5, 5.41) is 3.67. The molecule has 0 amide bonds. The molecule has 0 aromatic heterocycles. The van der Waals surface area contributed by atoms with Crippen LogP contribution in [0, 0.1) is 5.92 Å². The van der Waals surface area contributed by atoms with Crippen molar-refractivity contribution >= 4 is 0 Å². The maximum absolute atomic E-state index is 3.67. The Kier molecular flexibility index (Phi) is 6.36. The van der Waals surface area contributed by atoms with Crippen molar-refractivity contribution in [2.75, 3.05) is 32.7 Å². The maximum atomic E-state index is 3.67. The van der Waals surface area contributed by atoms with E-state index in [0.29, 0.717) is 0 Å². The number of nitrogens with one attached hydrogen (secondary N) is 1. The monoisotopic (exact) mass is 238 g/mol. The minimum atomic E-state index is 0.985. The van der Waals surface area contributed by atoms with Crippen LogP contribution in [0.25, 0.3) is 0 Å². The number of rotatable bonds is 6. The second-order valence-corrected chi connectivity index (χ2v) is 5.96. The Morgan fingerprint density at radius 1 is 0.882 bits per heavy atom. The minimum absolute atomic E-state index is 0.985. The van der Waals surface area contributed by atoms with Gasteiger partial charge in [-0.05, 0) is 70.7 Å². The van der Waals surface area contributed by atoms with Crippen LogP contribution in [-0.4, -0.2) is 37.6 Å². The first-order valence-electron chi connectivity index (χ1n) is 7.88. The molecule has 2 rings (SSSR count). The van der Waals surface area contributed by atoms with Gasteiger partial charge < -0.3 is 10.2 Å². The normalized spacial score (nSPS) is 24.0. The second kappa shape index (κ2) is 8.10. The van der Waals surface area contributed by atoms with Crippen LogP contribution in [0.5, 0.6) is 0 Å². The molecule has 1 aliphatic heterocycles. The van der Waals surface area contributed by atoms with Gasteiger partial charge in [0.05, 0.1) is 0 Å². The van der Waals surface area contributed by atoms with Crippen molar-refractivity contribution in [2.24, 2.45) is 5.92 Å². The summed E-state index contributed by atoms with van der Waals surface area (Å²) in [5.41, 5.74) is 0. The highest BCUT2D eigenvalue weighted by Crippen LogP contribution is 2.22. The molecular formula is C15H30N2. The third-order valence-corrected chi connectivity index (χ3v) is 4.43. The van der Waals surface area contributed by atoms with Gasteiger partial charge in [-0.3, -0.25) is 0 Å². The average Bonchev–Trinajstić information content (AvgIpc) is 2.41. The van der Waals surface area contributed by atoms with E-state index in [1.165, 1.54) is 90.5 Å². The highest BCUT2D eigenvalue weighted by Gasteiger charge is 2.12. The zero-order valence-electron chi connectivity index (χ0n) is 11.4. The largest absolute Gasteiger partial charge is 0.316 e. The first kappa shape index (κ1) is 13.4. The zero-order valence-corrected chi connectivity index (χ0v) is 11.4. The molecule has 0 aromatic carbocycles. The van der Waals surface area contributed by atoms with Crippen molar-refractivity contribution in [3.63, 3.8) is 0 Å². The molecule has 0 atom stereocenters. The summed E-state index contributed by atoms with van der Waals surface area (Å²) in [7, 11) is 0. The molecule has 0 spiro atoms. The van der Waals surface area contributed by atoms with E-state index in [1.807, 2.05) is 0 Å². The molecule has 1 heterocycles. The van der Waals surface area contributed by atoms with Gasteiger partial charge in [0, 0.05) is 0 Å². The molecule has 1 N–H and O–H groups in total. The van der Waals surface area contributed by atoms with E-state index in [2.05, 4.69) is 10.2 Å². The van der Waals surface area contributed by atoms with Crippen molar-refractivity contribution in [2.45, 2.75) is 57.8 Å². The molecule has 100 valence electrons. The lowest BCUT2D eigenvalue weighted by atomic mass is 9.89. The van der Waals surface area contributed by atoms with Gasteiger partial charge in [-0.25, -0.2) is 0 Å². The lowest BCUT2D eigenvalue weighted by Gasteiger charge is -2.26. The predicted octanol–water partition coefficient (Wildman–Crippen LogP) is 3.03. The van der Waals surface area contributed by atoms with Crippen LogP contribution >= 0.6 is 0 Å². The molecule has 0 bridgehead atoms. The molecule has 2 nitrogen and oxygen atoms in total. The molecule has 0 unspecified atom stereocenters. The Morgan fingerprint density at radius 3 is 2.35 bits per heavy atom. The highest BCUT2D eigenvalue weighted by atomic mass is 15.1. The molecule has 1 aliphatic carbocycles. The lowest BCUT2D eigenvalue weighted by molar-refractivity contribution is 0.224. The van der Waals surface area contributed by atoms with E-state index in [1.54, 1.807) is 0 Å². The molecule has 2 heteroatoms. The second-order valence-electron chi connectivity index (χ2n) is 5.96. The van der Waals surface area contributed by atoms with Crippen LogP contribution in [0.1, 0.15) is 57.8 Å². The highest BCUT2D eigenvalue weighted by molar-refractivity contribution is 4.69. The number of hydrogen-bond donors (Lipinski definition) is 1. The summed E-state index contributed by atoms with van der Waals surface area (Å²) in [5.74, 6) is 0.985. The maximum Gasteiger partial charge on any atom is -0.000664 e. The summed E-state index contributed by atoms with van der Waals surface area (Å²) in [6.45, 7) is 6.52. The van der Waals surface area contributed by atoms with Crippen LogP contribution in [0.4, 0.5) is 0 Å². The summed E-state index contributed by atoms with van der Waals surface area (Å²) in [6.07, 6.45) is 13.0. The Labute approximate surface area is 107 Å². The van der Waals surface area contributed by atoms with Gasteiger partial charge in [0.15, 0.2) is 0 Å². The van der Waals surface area contributed by atoms with Gasteiger partial charge in [-0.2, -0.15) is 0 Å². The topological polar surface area (TPSA) is 15.3 Å². The Balaban J connectivity index is 1.42. The van der Waals surface area contributed by atoms with Crippen LogP contribution in [0.15, 0.2) is 0 Å². The summed E-state index contributed by atoms with van der Waals surface area (Å²) < 4.78 is 0. The van der Waals surface area contributed by atoms with Gasteiger partial charge in [0.2, 0.25) is 0 Å². The van der Waals surface area contributed by atoms with Crippen molar-refractivity contribution < 1.29 is 0 Å². The van der Waals surface area contributed by atoms with E-state index < -0.39 is 0 Å². The Hall–Kier alpha value is -0.0800. The van der Waals surface area contributed by atoms with E-state index in [-0.39, 0.29) is 0 Å². The lowest BCUT2D eigenvalue weighted by Crippen LogP contribution is -2.33. The predicted molar refractivity (Wildman–Crippen MR) is 74.4 cm³/mol. The molecule has 2 fully saturated rings. The fraction of sp³-hybridized carbons (Fsp3) is 1.00. The van der Waals surface area contributed by atoms with Crippen molar-refractivity contribution in [1.29, 1.82) is 0 Å².